The van der Waals surface area contributed by atoms with Crippen LogP contribution in [0.15, 0.2) is 101 Å². The van der Waals surface area contributed by atoms with Gasteiger partial charge in [-0.1, -0.05) is 0 Å². The van der Waals surface area contributed by atoms with Crippen molar-refractivity contribution in [3.8, 4) is 11.1 Å². The molecule has 0 spiro atoms. The van der Waals surface area contributed by atoms with Gasteiger partial charge in [-0.2, -0.15) is 0 Å². The SMILES string of the molecule is Cc1ccc([C](c2ccc(C)cc2)=[Ti+2]([C]2=CC=CC2)[c]2cc(C(C)C)cc3c2Cc2ccc(C(C)C)cc2-3)cc1.[Cl-].[Cl-]. The molecule has 6 rings (SSSR count). The summed E-state index contributed by atoms with van der Waals surface area (Å²) in [6, 6.07) is 31.0. The molecule has 0 heterocycles. The van der Waals surface area contributed by atoms with Crippen molar-refractivity contribution in [2.45, 2.75) is 66.2 Å². The van der Waals surface area contributed by atoms with Gasteiger partial charge in [0.15, 0.2) is 0 Å². The molecule has 0 saturated heterocycles. The Labute approximate surface area is 271 Å². The summed E-state index contributed by atoms with van der Waals surface area (Å²) in [4.78, 5) is 0. The molecule has 2 aliphatic carbocycles. The van der Waals surface area contributed by atoms with Crippen LogP contribution in [0.1, 0.15) is 90.5 Å². The number of allylic oxidation sites excluding steroid dienone is 4. The van der Waals surface area contributed by atoms with Crippen LogP contribution in [-0.2, 0) is 23.8 Å². The van der Waals surface area contributed by atoms with Crippen LogP contribution in [0.4, 0.5) is 0 Å². The van der Waals surface area contributed by atoms with E-state index in [0.717, 1.165) is 12.8 Å². The maximum Gasteiger partial charge on any atom is -1.00 e. The molecule has 4 aromatic carbocycles. The summed E-state index contributed by atoms with van der Waals surface area (Å²) >= 11 is -2.21. The Morgan fingerprint density at radius 1 is 0.667 bits per heavy atom. The molecule has 3 heteroatoms. The van der Waals surface area contributed by atoms with Crippen molar-refractivity contribution < 1.29 is 42.2 Å². The summed E-state index contributed by atoms with van der Waals surface area (Å²) in [5.74, 6) is 1.02. The minimum atomic E-state index is -2.21. The molecule has 0 amide bonds. The quantitative estimate of drug-likeness (QED) is 0.253. The zero-order valence-electron chi connectivity index (χ0n) is 25.6. The average molecular weight is 628 g/mol. The van der Waals surface area contributed by atoms with Gasteiger partial charge in [-0.15, -0.1) is 0 Å². The van der Waals surface area contributed by atoms with Gasteiger partial charge in [-0.05, 0) is 0 Å². The Bertz CT molecular complexity index is 1640. The van der Waals surface area contributed by atoms with Crippen LogP contribution >= 0.6 is 0 Å². The Kier molecular flexibility index (Phi) is 10.4. The Hall–Kier alpha value is -2.48. The van der Waals surface area contributed by atoms with E-state index in [1.807, 2.05) is 0 Å². The van der Waals surface area contributed by atoms with Gasteiger partial charge in [0, 0.05) is 0 Å². The summed E-state index contributed by atoms with van der Waals surface area (Å²) in [6.45, 7) is 13.7. The van der Waals surface area contributed by atoms with Crippen LogP contribution in [0, 0.1) is 13.8 Å². The number of halogens is 2. The molecule has 214 valence electrons. The number of rotatable bonds is 6. The fraction of sp³-hybridized carbons (Fsp3) is 0.256. The Balaban J connectivity index is 0.00000202. The zero-order valence-corrected chi connectivity index (χ0v) is 28.6. The molecule has 0 saturated carbocycles. The second-order valence-corrected chi connectivity index (χ2v) is 16.1. The van der Waals surface area contributed by atoms with Crippen molar-refractivity contribution in [3.63, 3.8) is 0 Å². The van der Waals surface area contributed by atoms with E-state index < -0.39 is 17.4 Å². The summed E-state index contributed by atoms with van der Waals surface area (Å²) in [5, 5.41) is 0. The molecule has 0 nitrogen and oxygen atoms in total. The zero-order chi connectivity index (χ0) is 28.0. The third-order valence-electron chi connectivity index (χ3n) is 8.69. The van der Waals surface area contributed by atoms with Gasteiger partial charge >= 0.3 is 248 Å². The number of benzene rings is 4. The van der Waals surface area contributed by atoms with Crippen LogP contribution in [0.2, 0.25) is 0 Å². The molecule has 0 unspecified atom stereocenters. The summed E-state index contributed by atoms with van der Waals surface area (Å²) in [5.41, 5.74) is 14.3. The molecule has 0 aromatic heterocycles. The molecule has 0 bridgehead atoms. The molecule has 0 atom stereocenters. The fourth-order valence-electron chi connectivity index (χ4n) is 6.23. The molecule has 4 aromatic rings. The number of fused-ring (bicyclic) bond motifs is 3. The maximum absolute atomic E-state index is 2.62. The number of hydrogen-bond donors (Lipinski definition) is 0. The topological polar surface area (TPSA) is 0 Å². The van der Waals surface area contributed by atoms with E-state index in [1.54, 1.807) is 17.1 Å². The van der Waals surface area contributed by atoms with E-state index in [4.69, 9.17) is 0 Å². The van der Waals surface area contributed by atoms with Crippen LogP contribution in [-0.4, -0.2) is 3.81 Å². The fourth-order valence-corrected chi connectivity index (χ4v) is 11.3. The number of hydrogen-bond acceptors (Lipinski definition) is 0. The van der Waals surface area contributed by atoms with Gasteiger partial charge < -0.3 is 24.8 Å². The van der Waals surface area contributed by atoms with Gasteiger partial charge in [-0.25, -0.2) is 0 Å². The first-order valence-corrected chi connectivity index (χ1v) is 17.2. The number of aryl methyl sites for hydroxylation is 2. The van der Waals surface area contributed by atoms with Gasteiger partial charge in [0.1, 0.15) is 0 Å². The maximum atomic E-state index is 2.62. The normalized spacial score (nSPS) is 12.7. The molecule has 0 radical (unpaired) electrons. The van der Waals surface area contributed by atoms with Crippen molar-refractivity contribution in [2.24, 2.45) is 0 Å². The van der Waals surface area contributed by atoms with Crippen molar-refractivity contribution in [3.05, 3.63) is 145 Å². The predicted molar refractivity (Wildman–Crippen MR) is 170 cm³/mol. The Morgan fingerprint density at radius 2 is 1.24 bits per heavy atom. The van der Waals surface area contributed by atoms with Crippen LogP contribution in [0.5, 0.6) is 0 Å². The summed E-state index contributed by atoms with van der Waals surface area (Å²) < 4.78 is 4.88. The van der Waals surface area contributed by atoms with Crippen molar-refractivity contribution in [2.75, 3.05) is 0 Å². The monoisotopic (exact) mass is 626 g/mol. The van der Waals surface area contributed by atoms with Crippen LogP contribution in [0.25, 0.3) is 11.1 Å². The smallest absolute Gasteiger partial charge is 1.00 e. The first-order valence-electron chi connectivity index (χ1n) is 14.8. The first-order chi connectivity index (χ1) is 19.3. The van der Waals surface area contributed by atoms with Crippen molar-refractivity contribution in [1.29, 1.82) is 0 Å². The second-order valence-electron chi connectivity index (χ2n) is 12.3. The van der Waals surface area contributed by atoms with E-state index in [-0.39, 0.29) is 24.8 Å². The average Bonchev–Trinajstić information content (AvgIpc) is 3.60. The third-order valence-corrected chi connectivity index (χ3v) is 13.5. The largest absolute Gasteiger partial charge is 1.00 e. The van der Waals surface area contributed by atoms with Crippen LogP contribution < -0.4 is 28.7 Å². The predicted octanol–water partition coefficient (Wildman–Crippen LogP) is 3.49. The molecule has 2 aliphatic rings. The van der Waals surface area contributed by atoms with Crippen molar-refractivity contribution in [1.82, 2.24) is 0 Å². The van der Waals surface area contributed by atoms with Crippen LogP contribution in [0.3, 0.4) is 0 Å². The standard InChI is InChI=1S/C19H21.C15H14.C5H5.2ClH.Ti/c1-12(2)14-5-7-16-9-17-8-6-15(13(3)4)11-19(17)18(16)10-14;1-12-3-7-14(8-4-12)11-15-9-5-13(2)6-10-15;1-2-4-5-3-1;;;/h5-7,10-13H,9H2,1-4H3;3-10H,1-2H3;1-3H,4H2;2*1H;/q;;;;;+2/p-2. The minimum Gasteiger partial charge on any atom is -1.00 e. The third kappa shape index (κ3) is 6.25. The Morgan fingerprint density at radius 3 is 1.76 bits per heavy atom. The molecule has 42 heavy (non-hydrogen) atoms. The minimum absolute atomic E-state index is 0. The van der Waals surface area contributed by atoms with Gasteiger partial charge in [0.05, 0.1) is 0 Å². The molecular weight excluding hydrogens is 587 g/mol. The van der Waals surface area contributed by atoms with E-state index in [0.29, 0.717) is 11.8 Å². The van der Waals surface area contributed by atoms with E-state index in [2.05, 4.69) is 139 Å². The van der Waals surface area contributed by atoms with E-state index in [9.17, 15) is 0 Å². The molecule has 0 N–H and O–H groups in total. The van der Waals surface area contributed by atoms with E-state index >= 15 is 0 Å². The second kappa shape index (κ2) is 13.4. The van der Waals surface area contributed by atoms with Gasteiger partial charge in [0.25, 0.3) is 0 Å². The molecule has 0 aliphatic heterocycles. The first kappa shape index (κ1) is 32.4. The van der Waals surface area contributed by atoms with Gasteiger partial charge in [-0.3, -0.25) is 0 Å². The van der Waals surface area contributed by atoms with E-state index in [1.165, 1.54) is 50.1 Å². The molecular formula is C39H40Cl2Ti. The summed E-state index contributed by atoms with van der Waals surface area (Å²) in [7, 11) is 0. The molecule has 0 fully saturated rings. The van der Waals surface area contributed by atoms with Crippen molar-refractivity contribution >= 4 is 7.68 Å². The summed E-state index contributed by atoms with van der Waals surface area (Å²) in [6.07, 6.45) is 9.22. The van der Waals surface area contributed by atoms with Gasteiger partial charge in [0.2, 0.25) is 0 Å².